The van der Waals surface area contributed by atoms with Crippen LogP contribution in [0.3, 0.4) is 0 Å². The molecule has 1 saturated heterocycles. The van der Waals surface area contributed by atoms with Crippen LogP contribution in [0, 0.1) is 0 Å². The zero-order valence-corrected chi connectivity index (χ0v) is 19.9. The van der Waals surface area contributed by atoms with E-state index in [1.165, 1.54) is 0 Å². The van der Waals surface area contributed by atoms with Gasteiger partial charge < -0.3 is 9.47 Å². The van der Waals surface area contributed by atoms with Crippen molar-refractivity contribution in [1.82, 2.24) is 10.3 Å². The first-order chi connectivity index (χ1) is 16.0. The Hall–Kier alpha value is -2.87. The van der Waals surface area contributed by atoms with Crippen LogP contribution < -0.4 is 10.1 Å². The van der Waals surface area contributed by atoms with Crippen LogP contribution in [-0.2, 0) is 27.2 Å². The molecule has 0 spiro atoms. The highest BCUT2D eigenvalue weighted by atomic mass is 32.2. The molecule has 8 heteroatoms. The minimum absolute atomic E-state index is 0.146. The number of carbonyl (C=O) groups excluding carboxylic acids is 3. The number of aryl methyl sites for hydroxylation is 1. The Labute approximate surface area is 198 Å². The van der Waals surface area contributed by atoms with Crippen molar-refractivity contribution in [1.29, 1.82) is 0 Å². The molecule has 0 saturated carbocycles. The number of benzene rings is 1. The number of thioether (sulfide) groups is 1. The number of hydrogen-bond donors (Lipinski definition) is 1. The third-order valence-corrected chi connectivity index (χ3v) is 6.34. The summed E-state index contributed by atoms with van der Waals surface area (Å²) in [5.74, 6) is 0.113. The molecular formula is C25H30N2O5S. The van der Waals surface area contributed by atoms with Crippen molar-refractivity contribution >= 4 is 28.9 Å². The molecule has 1 aromatic carbocycles. The van der Waals surface area contributed by atoms with Gasteiger partial charge in [-0.15, -0.1) is 0 Å². The maximum Gasteiger partial charge on any atom is 0.306 e. The molecule has 33 heavy (non-hydrogen) atoms. The van der Waals surface area contributed by atoms with Gasteiger partial charge in [-0.1, -0.05) is 56.7 Å². The standard InChI is InChI=1S/C25H30N2O5S/c1-3-5-6-7-23(28)32-21(20-13-10-17(4-2)15-26-20)16-31-19-11-8-18(9-12-19)14-22-24(29)27-25(30)33-22/h8-13,15,21-22H,3-7,14,16H2,1-2H3,(H,27,29,30)/t21-,22?/m0/s1. The van der Waals surface area contributed by atoms with Crippen LogP contribution in [0.25, 0.3) is 0 Å². The molecule has 1 N–H and O–H groups in total. The van der Waals surface area contributed by atoms with Crippen molar-refractivity contribution in [2.75, 3.05) is 6.61 Å². The molecule has 1 aliphatic rings. The van der Waals surface area contributed by atoms with Gasteiger partial charge in [0.25, 0.3) is 5.24 Å². The molecular weight excluding hydrogens is 440 g/mol. The average Bonchev–Trinajstić information content (AvgIpc) is 3.14. The van der Waals surface area contributed by atoms with Crippen LogP contribution in [0.15, 0.2) is 42.6 Å². The second-order valence-corrected chi connectivity index (χ2v) is 9.10. The summed E-state index contributed by atoms with van der Waals surface area (Å²) in [4.78, 5) is 39.9. The first-order valence-electron chi connectivity index (χ1n) is 11.4. The molecule has 0 aliphatic carbocycles. The van der Waals surface area contributed by atoms with Gasteiger partial charge in [0.1, 0.15) is 12.4 Å². The molecule has 1 aliphatic heterocycles. The van der Waals surface area contributed by atoms with Crippen LogP contribution in [0.5, 0.6) is 5.75 Å². The topological polar surface area (TPSA) is 94.6 Å². The number of ether oxygens (including phenoxy) is 2. The van der Waals surface area contributed by atoms with Gasteiger partial charge in [-0.3, -0.25) is 24.7 Å². The maximum atomic E-state index is 12.3. The zero-order valence-electron chi connectivity index (χ0n) is 19.0. The number of imide groups is 1. The summed E-state index contributed by atoms with van der Waals surface area (Å²) in [6, 6.07) is 11.2. The van der Waals surface area contributed by atoms with Crippen LogP contribution in [0.1, 0.15) is 62.5 Å². The monoisotopic (exact) mass is 470 g/mol. The van der Waals surface area contributed by atoms with Gasteiger partial charge in [-0.05, 0) is 48.6 Å². The number of carbonyl (C=O) groups is 3. The lowest BCUT2D eigenvalue weighted by atomic mass is 10.1. The Kier molecular flexibility index (Phi) is 9.30. The average molecular weight is 471 g/mol. The lowest BCUT2D eigenvalue weighted by Crippen LogP contribution is -2.25. The van der Waals surface area contributed by atoms with E-state index in [1.54, 1.807) is 6.20 Å². The number of unbranched alkanes of at least 4 members (excludes halogenated alkanes) is 2. The first-order valence-corrected chi connectivity index (χ1v) is 12.2. The molecule has 1 aromatic heterocycles. The highest BCUT2D eigenvalue weighted by molar-refractivity contribution is 8.15. The second kappa shape index (κ2) is 12.4. The van der Waals surface area contributed by atoms with E-state index in [2.05, 4.69) is 24.1 Å². The number of nitrogens with one attached hydrogen (secondary N) is 1. The quantitative estimate of drug-likeness (QED) is 0.352. The second-order valence-electron chi connectivity index (χ2n) is 7.92. The Morgan fingerprint density at radius 1 is 1.09 bits per heavy atom. The predicted octanol–water partition coefficient (Wildman–Crippen LogP) is 4.78. The van der Waals surface area contributed by atoms with Crippen molar-refractivity contribution in [3.8, 4) is 5.75 Å². The van der Waals surface area contributed by atoms with Gasteiger partial charge in [-0.25, -0.2) is 0 Å². The summed E-state index contributed by atoms with van der Waals surface area (Å²) >= 11 is 1.01. The summed E-state index contributed by atoms with van der Waals surface area (Å²) < 4.78 is 11.6. The number of nitrogens with zero attached hydrogens (tertiary/aromatic N) is 1. The molecule has 0 bridgehead atoms. The predicted molar refractivity (Wildman–Crippen MR) is 127 cm³/mol. The first kappa shape index (κ1) is 24.8. The largest absolute Gasteiger partial charge is 0.489 e. The number of pyridine rings is 1. The van der Waals surface area contributed by atoms with E-state index < -0.39 is 11.4 Å². The summed E-state index contributed by atoms with van der Waals surface area (Å²) in [5.41, 5.74) is 2.70. The Morgan fingerprint density at radius 2 is 1.85 bits per heavy atom. The molecule has 2 amide bonds. The van der Waals surface area contributed by atoms with Gasteiger partial charge in [0, 0.05) is 12.6 Å². The highest BCUT2D eigenvalue weighted by Crippen LogP contribution is 2.25. The normalized spacial score (nSPS) is 16.4. The van der Waals surface area contributed by atoms with E-state index in [0.717, 1.165) is 48.6 Å². The lowest BCUT2D eigenvalue weighted by Gasteiger charge is -2.19. The number of esters is 1. The van der Waals surface area contributed by atoms with E-state index in [4.69, 9.17) is 9.47 Å². The van der Waals surface area contributed by atoms with Crippen LogP contribution >= 0.6 is 11.8 Å². The van der Waals surface area contributed by atoms with Crippen LogP contribution in [-0.4, -0.2) is 34.0 Å². The molecule has 1 fully saturated rings. The molecule has 3 rings (SSSR count). The minimum atomic E-state index is -0.602. The van der Waals surface area contributed by atoms with Gasteiger partial charge in [0.15, 0.2) is 6.10 Å². The molecule has 1 unspecified atom stereocenters. The summed E-state index contributed by atoms with van der Waals surface area (Å²) in [6.07, 6.45) is 5.74. The Balaban J connectivity index is 1.60. The maximum absolute atomic E-state index is 12.3. The lowest BCUT2D eigenvalue weighted by molar-refractivity contribution is -0.151. The summed E-state index contributed by atoms with van der Waals surface area (Å²) in [5, 5.41) is 1.59. The highest BCUT2D eigenvalue weighted by Gasteiger charge is 2.31. The van der Waals surface area contributed by atoms with Gasteiger partial charge in [0.2, 0.25) is 5.91 Å². The fraction of sp³-hybridized carbons (Fsp3) is 0.440. The summed E-state index contributed by atoms with van der Waals surface area (Å²) in [7, 11) is 0. The van der Waals surface area contributed by atoms with Gasteiger partial charge in [0.05, 0.1) is 10.9 Å². The van der Waals surface area contributed by atoms with Crippen molar-refractivity contribution in [3.63, 3.8) is 0 Å². The number of hydrogen-bond acceptors (Lipinski definition) is 7. The molecule has 0 radical (unpaired) electrons. The third kappa shape index (κ3) is 7.60. The van der Waals surface area contributed by atoms with Crippen LogP contribution in [0.2, 0.25) is 0 Å². The van der Waals surface area contributed by atoms with E-state index in [0.29, 0.717) is 24.3 Å². The molecule has 7 nitrogen and oxygen atoms in total. The van der Waals surface area contributed by atoms with Crippen molar-refractivity contribution < 1.29 is 23.9 Å². The number of aromatic nitrogens is 1. The van der Waals surface area contributed by atoms with Gasteiger partial charge >= 0.3 is 5.97 Å². The fourth-order valence-corrected chi connectivity index (χ4v) is 4.25. The fourth-order valence-electron chi connectivity index (χ4n) is 3.39. The Morgan fingerprint density at radius 3 is 2.45 bits per heavy atom. The van der Waals surface area contributed by atoms with E-state index in [1.807, 2.05) is 36.4 Å². The smallest absolute Gasteiger partial charge is 0.306 e. The SMILES string of the molecule is CCCCCC(=O)O[C@@H](COc1ccc(CC2SC(=O)NC2=O)cc1)c1ccc(CC)cn1. The summed E-state index contributed by atoms with van der Waals surface area (Å²) in [6.45, 7) is 4.30. The molecule has 2 heterocycles. The van der Waals surface area contributed by atoms with Gasteiger partial charge in [-0.2, -0.15) is 0 Å². The number of amides is 2. The van der Waals surface area contributed by atoms with E-state index in [-0.39, 0.29) is 23.7 Å². The number of rotatable bonds is 12. The van der Waals surface area contributed by atoms with Crippen molar-refractivity contribution in [3.05, 3.63) is 59.4 Å². The van der Waals surface area contributed by atoms with E-state index in [9.17, 15) is 14.4 Å². The third-order valence-electron chi connectivity index (χ3n) is 5.36. The van der Waals surface area contributed by atoms with Crippen molar-refractivity contribution in [2.45, 2.75) is 63.7 Å². The van der Waals surface area contributed by atoms with Crippen LogP contribution in [0.4, 0.5) is 4.79 Å². The minimum Gasteiger partial charge on any atom is -0.489 e. The van der Waals surface area contributed by atoms with Crippen molar-refractivity contribution in [2.24, 2.45) is 0 Å². The van der Waals surface area contributed by atoms with E-state index >= 15 is 0 Å². The Bertz CT molecular complexity index is 946. The molecule has 2 atom stereocenters. The zero-order chi connectivity index (χ0) is 23.6. The molecule has 2 aromatic rings. The molecule has 176 valence electrons.